The van der Waals surface area contributed by atoms with Gasteiger partial charge in [-0.1, -0.05) is 54.6 Å². The first-order chi connectivity index (χ1) is 16.6. The average Bonchev–Trinajstić information content (AvgIpc) is 2.86. The van der Waals surface area contributed by atoms with Crippen LogP contribution in [0.4, 0.5) is 0 Å². The highest BCUT2D eigenvalue weighted by atomic mass is 16.5. The Balaban J connectivity index is 1.55. The number of ether oxygens (including phenoxy) is 2. The molecule has 0 bridgehead atoms. The third-order valence-electron chi connectivity index (χ3n) is 6.66. The van der Waals surface area contributed by atoms with E-state index in [2.05, 4.69) is 23.5 Å². The summed E-state index contributed by atoms with van der Waals surface area (Å²) in [4.78, 5) is 26.7. The van der Waals surface area contributed by atoms with Gasteiger partial charge in [-0.2, -0.15) is 0 Å². The fraction of sp³-hybridized carbons (Fsp3) is 0.241. The Morgan fingerprint density at radius 3 is 2.56 bits per heavy atom. The van der Waals surface area contributed by atoms with Crippen LogP contribution in [0.5, 0.6) is 5.75 Å². The minimum absolute atomic E-state index is 0.0969. The molecule has 5 heteroatoms. The Kier molecular flexibility index (Phi) is 5.93. The van der Waals surface area contributed by atoms with E-state index in [-0.39, 0.29) is 12.4 Å². The van der Waals surface area contributed by atoms with Crippen molar-refractivity contribution in [3.05, 3.63) is 100 Å². The minimum atomic E-state index is -0.460. The van der Waals surface area contributed by atoms with Gasteiger partial charge in [-0.15, -0.1) is 0 Å². The lowest BCUT2D eigenvalue weighted by molar-refractivity contribution is -0.140. The largest absolute Gasteiger partial charge is 0.497 e. The van der Waals surface area contributed by atoms with Gasteiger partial charge in [-0.3, -0.25) is 4.79 Å². The number of fused-ring (bicyclic) bond motifs is 1. The maximum Gasteiger partial charge on any atom is 0.337 e. The first-order valence-electron chi connectivity index (χ1n) is 11.6. The molecule has 1 aliphatic carbocycles. The Hall–Kier alpha value is -3.86. The van der Waals surface area contributed by atoms with E-state index in [0.717, 1.165) is 51.9 Å². The molecule has 0 aromatic heterocycles. The molecule has 34 heavy (non-hydrogen) atoms. The number of hydrogen-bond donors (Lipinski definition) is 1. The van der Waals surface area contributed by atoms with Crippen LogP contribution < -0.4 is 10.1 Å². The molecule has 0 amide bonds. The summed E-state index contributed by atoms with van der Waals surface area (Å²) < 4.78 is 11.0. The summed E-state index contributed by atoms with van der Waals surface area (Å²) in [6.07, 6.45) is 2.11. The zero-order valence-electron chi connectivity index (χ0n) is 19.4. The van der Waals surface area contributed by atoms with Crippen LogP contribution in [-0.2, 0) is 20.9 Å². The fourth-order valence-corrected chi connectivity index (χ4v) is 5.02. The van der Waals surface area contributed by atoms with Gasteiger partial charge in [0, 0.05) is 29.3 Å². The number of esters is 1. The molecule has 0 saturated heterocycles. The van der Waals surface area contributed by atoms with Crippen molar-refractivity contribution >= 4 is 22.5 Å². The molecule has 1 heterocycles. The Morgan fingerprint density at radius 1 is 1.00 bits per heavy atom. The molecule has 2 aliphatic rings. The zero-order valence-corrected chi connectivity index (χ0v) is 19.4. The SMILES string of the molecule is COc1ccc(COC(=O)C2=C(C)NC3=C(C(=O)CCC3)[C@@H]2c2cccc3ccccc23)cc1. The maximum atomic E-state index is 13.5. The summed E-state index contributed by atoms with van der Waals surface area (Å²) in [5.41, 5.74) is 4.69. The summed E-state index contributed by atoms with van der Waals surface area (Å²) in [5.74, 6) is -0.0294. The number of nitrogens with one attached hydrogen (secondary N) is 1. The lowest BCUT2D eigenvalue weighted by atomic mass is 9.74. The van der Waals surface area contributed by atoms with Gasteiger partial charge in [0.2, 0.25) is 0 Å². The van der Waals surface area contributed by atoms with Gasteiger partial charge in [0.1, 0.15) is 12.4 Å². The summed E-state index contributed by atoms with van der Waals surface area (Å²) >= 11 is 0. The third-order valence-corrected chi connectivity index (χ3v) is 6.66. The smallest absolute Gasteiger partial charge is 0.337 e. The van der Waals surface area contributed by atoms with E-state index in [0.29, 0.717) is 17.6 Å². The number of rotatable bonds is 5. The van der Waals surface area contributed by atoms with Crippen LogP contribution in [0.15, 0.2) is 89.3 Å². The number of carbonyl (C=O) groups excluding carboxylic acids is 2. The van der Waals surface area contributed by atoms with Gasteiger partial charge in [-0.05, 0) is 53.8 Å². The summed E-state index contributed by atoms with van der Waals surface area (Å²) in [5, 5.41) is 5.48. The van der Waals surface area contributed by atoms with Crippen LogP contribution in [0.3, 0.4) is 0 Å². The van der Waals surface area contributed by atoms with Crippen molar-refractivity contribution in [2.24, 2.45) is 0 Å². The monoisotopic (exact) mass is 453 g/mol. The van der Waals surface area contributed by atoms with E-state index < -0.39 is 11.9 Å². The number of methoxy groups -OCH3 is 1. The number of carbonyl (C=O) groups is 2. The number of dihydropyridines is 1. The molecular formula is C29H27NO4. The zero-order chi connectivity index (χ0) is 23.7. The molecule has 1 aliphatic heterocycles. The number of Topliss-reactive ketones (excluding diaryl/α,β-unsaturated/α-hetero) is 1. The van der Waals surface area contributed by atoms with Crippen molar-refractivity contribution in [1.82, 2.24) is 5.32 Å². The fourth-order valence-electron chi connectivity index (χ4n) is 5.02. The van der Waals surface area contributed by atoms with Gasteiger partial charge in [0.15, 0.2) is 5.78 Å². The minimum Gasteiger partial charge on any atom is -0.497 e. The van der Waals surface area contributed by atoms with Gasteiger partial charge in [-0.25, -0.2) is 4.79 Å². The van der Waals surface area contributed by atoms with Crippen LogP contribution in [0, 0.1) is 0 Å². The molecule has 0 saturated carbocycles. The summed E-state index contributed by atoms with van der Waals surface area (Å²) in [7, 11) is 1.61. The standard InChI is InChI=1S/C29H27NO4/c1-18-26(29(32)34-17-19-13-15-21(33-2)16-14-19)27(28-24(30-18)11-6-12-25(28)31)23-10-5-8-20-7-3-4-9-22(20)23/h3-5,7-10,13-16,27,30H,6,11-12,17H2,1-2H3/t27-/m1/s1. The topological polar surface area (TPSA) is 64.6 Å². The van der Waals surface area contributed by atoms with E-state index in [1.807, 2.05) is 55.5 Å². The van der Waals surface area contributed by atoms with Crippen LogP contribution in [-0.4, -0.2) is 18.9 Å². The molecule has 5 rings (SSSR count). The van der Waals surface area contributed by atoms with Crippen LogP contribution in [0.2, 0.25) is 0 Å². The summed E-state index contributed by atoms with van der Waals surface area (Å²) in [6.45, 7) is 2.03. The van der Waals surface area contributed by atoms with Crippen molar-refractivity contribution in [2.45, 2.75) is 38.7 Å². The molecule has 1 atom stereocenters. The van der Waals surface area contributed by atoms with Crippen molar-refractivity contribution in [3.63, 3.8) is 0 Å². The summed E-state index contributed by atoms with van der Waals surface area (Å²) in [6, 6.07) is 21.6. The number of hydrogen-bond acceptors (Lipinski definition) is 5. The van der Waals surface area contributed by atoms with Crippen LogP contribution in [0.1, 0.15) is 43.2 Å². The Labute approximate surface area is 199 Å². The lowest BCUT2D eigenvalue weighted by Gasteiger charge is -2.34. The van der Waals surface area contributed by atoms with E-state index in [9.17, 15) is 9.59 Å². The second-order valence-electron chi connectivity index (χ2n) is 8.76. The third kappa shape index (κ3) is 3.98. The normalized spacial score (nSPS) is 17.9. The number of allylic oxidation sites excluding steroid dienone is 3. The van der Waals surface area contributed by atoms with E-state index >= 15 is 0 Å². The molecule has 0 unspecified atom stereocenters. The average molecular weight is 454 g/mol. The molecular weight excluding hydrogens is 426 g/mol. The number of ketones is 1. The Morgan fingerprint density at radius 2 is 1.76 bits per heavy atom. The van der Waals surface area contributed by atoms with Crippen LogP contribution >= 0.6 is 0 Å². The molecule has 3 aromatic carbocycles. The number of benzene rings is 3. The molecule has 3 aromatic rings. The molecule has 1 N–H and O–H groups in total. The second kappa shape index (κ2) is 9.18. The van der Waals surface area contributed by atoms with E-state index in [4.69, 9.17) is 9.47 Å². The van der Waals surface area contributed by atoms with Gasteiger partial charge in [0.25, 0.3) is 0 Å². The molecule has 0 radical (unpaired) electrons. The molecule has 172 valence electrons. The molecule has 5 nitrogen and oxygen atoms in total. The van der Waals surface area contributed by atoms with Crippen molar-refractivity contribution in [1.29, 1.82) is 0 Å². The van der Waals surface area contributed by atoms with Gasteiger partial charge in [0.05, 0.1) is 12.7 Å². The van der Waals surface area contributed by atoms with Gasteiger partial charge >= 0.3 is 5.97 Å². The van der Waals surface area contributed by atoms with E-state index in [1.54, 1.807) is 7.11 Å². The highest BCUT2D eigenvalue weighted by Gasteiger charge is 2.39. The molecule has 0 spiro atoms. The quantitative estimate of drug-likeness (QED) is 0.513. The first kappa shape index (κ1) is 22.0. The first-order valence-corrected chi connectivity index (χ1v) is 11.6. The van der Waals surface area contributed by atoms with Crippen molar-refractivity contribution in [3.8, 4) is 5.75 Å². The predicted octanol–water partition coefficient (Wildman–Crippen LogP) is 5.56. The van der Waals surface area contributed by atoms with E-state index in [1.165, 1.54) is 0 Å². The Bertz CT molecular complexity index is 1330. The highest BCUT2D eigenvalue weighted by molar-refractivity contribution is 6.05. The molecule has 0 fully saturated rings. The lowest BCUT2D eigenvalue weighted by Crippen LogP contribution is -2.34. The highest BCUT2D eigenvalue weighted by Crippen LogP contribution is 2.44. The van der Waals surface area contributed by atoms with Gasteiger partial charge < -0.3 is 14.8 Å². The van der Waals surface area contributed by atoms with Crippen LogP contribution in [0.25, 0.3) is 10.8 Å². The maximum absolute atomic E-state index is 13.5. The second-order valence-corrected chi connectivity index (χ2v) is 8.76. The van der Waals surface area contributed by atoms with Crippen molar-refractivity contribution in [2.75, 3.05) is 7.11 Å². The van der Waals surface area contributed by atoms with Crippen molar-refractivity contribution < 1.29 is 19.1 Å². The predicted molar refractivity (Wildman–Crippen MR) is 131 cm³/mol.